The number of halogens is 1. The van der Waals surface area contributed by atoms with E-state index in [1.54, 1.807) is 6.07 Å². The van der Waals surface area contributed by atoms with Gasteiger partial charge >= 0.3 is 0 Å². The first-order valence-corrected chi connectivity index (χ1v) is 9.05. The molecule has 1 saturated heterocycles. The second-order valence-electron chi connectivity index (χ2n) is 5.22. The number of hydrogen-bond acceptors (Lipinski definition) is 4. The van der Waals surface area contributed by atoms with Gasteiger partial charge in [0.2, 0.25) is 10.0 Å². The van der Waals surface area contributed by atoms with Crippen molar-refractivity contribution in [3.05, 3.63) is 16.6 Å². The maximum atomic E-state index is 12.8. The summed E-state index contributed by atoms with van der Waals surface area (Å²) in [7, 11) is -0.601. The Balaban J connectivity index is 2.43. The SMILES string of the molecule is COc1cc(S(=O)(=O)N2CCC(C)CC2)c(OC)cc1Br. The highest BCUT2D eigenvalue weighted by Crippen LogP contribution is 2.37. The first kappa shape index (κ1) is 16.6. The molecule has 5 nitrogen and oxygen atoms in total. The molecule has 0 aliphatic carbocycles. The van der Waals surface area contributed by atoms with Crippen LogP contribution in [-0.4, -0.2) is 40.0 Å². The van der Waals surface area contributed by atoms with Gasteiger partial charge in [-0.2, -0.15) is 4.31 Å². The van der Waals surface area contributed by atoms with E-state index in [2.05, 4.69) is 22.9 Å². The molecule has 0 unspecified atom stereocenters. The van der Waals surface area contributed by atoms with E-state index in [9.17, 15) is 8.42 Å². The topological polar surface area (TPSA) is 55.8 Å². The minimum Gasteiger partial charge on any atom is -0.496 e. The molecule has 1 aliphatic rings. The van der Waals surface area contributed by atoms with Crippen molar-refractivity contribution in [2.75, 3.05) is 27.3 Å². The molecular formula is C14H20BrNO4S. The van der Waals surface area contributed by atoms with Crippen molar-refractivity contribution in [2.45, 2.75) is 24.7 Å². The molecule has 1 fully saturated rings. The fraction of sp³-hybridized carbons (Fsp3) is 0.571. The van der Waals surface area contributed by atoms with Gasteiger partial charge in [-0.25, -0.2) is 8.42 Å². The zero-order chi connectivity index (χ0) is 15.6. The number of benzene rings is 1. The van der Waals surface area contributed by atoms with Crippen LogP contribution in [0.15, 0.2) is 21.5 Å². The Kier molecular flexibility index (Phi) is 5.16. The van der Waals surface area contributed by atoms with Crippen molar-refractivity contribution < 1.29 is 17.9 Å². The summed E-state index contributed by atoms with van der Waals surface area (Å²) >= 11 is 3.34. The van der Waals surface area contributed by atoms with Gasteiger partial charge in [0.1, 0.15) is 16.4 Å². The maximum Gasteiger partial charge on any atom is 0.246 e. The Labute approximate surface area is 134 Å². The van der Waals surface area contributed by atoms with Crippen LogP contribution in [0.25, 0.3) is 0 Å². The first-order chi connectivity index (χ1) is 9.90. The van der Waals surface area contributed by atoms with Crippen LogP contribution in [0.2, 0.25) is 0 Å². The molecule has 1 aromatic carbocycles. The zero-order valence-corrected chi connectivity index (χ0v) is 14.8. The molecule has 0 radical (unpaired) electrons. The molecule has 1 aromatic rings. The summed E-state index contributed by atoms with van der Waals surface area (Å²) in [5.74, 6) is 1.36. The molecule has 21 heavy (non-hydrogen) atoms. The Morgan fingerprint density at radius 3 is 2.24 bits per heavy atom. The highest BCUT2D eigenvalue weighted by Gasteiger charge is 2.31. The monoisotopic (exact) mass is 377 g/mol. The Morgan fingerprint density at radius 2 is 1.71 bits per heavy atom. The highest BCUT2D eigenvalue weighted by atomic mass is 79.9. The number of methoxy groups -OCH3 is 2. The summed E-state index contributed by atoms with van der Waals surface area (Å²) in [6.07, 6.45) is 1.77. The van der Waals surface area contributed by atoms with Gasteiger partial charge in [-0.1, -0.05) is 6.92 Å². The molecule has 1 heterocycles. The quantitative estimate of drug-likeness (QED) is 0.809. The molecule has 0 saturated carbocycles. The van der Waals surface area contributed by atoms with Crippen LogP contribution in [-0.2, 0) is 10.0 Å². The van der Waals surface area contributed by atoms with Crippen LogP contribution in [0, 0.1) is 5.92 Å². The van der Waals surface area contributed by atoms with E-state index in [0.29, 0.717) is 35.0 Å². The standard InChI is InChI=1S/C14H20BrNO4S/c1-10-4-6-16(7-5-10)21(17,18)14-9-12(19-2)11(15)8-13(14)20-3/h8-10H,4-7H2,1-3H3. The fourth-order valence-electron chi connectivity index (χ4n) is 2.40. The third-order valence-electron chi connectivity index (χ3n) is 3.80. The average Bonchev–Trinajstić information content (AvgIpc) is 2.47. The van der Waals surface area contributed by atoms with Gasteiger partial charge in [-0.3, -0.25) is 0 Å². The minimum absolute atomic E-state index is 0.152. The van der Waals surface area contributed by atoms with E-state index in [-0.39, 0.29) is 4.90 Å². The van der Waals surface area contributed by atoms with Crippen LogP contribution < -0.4 is 9.47 Å². The molecule has 0 N–H and O–H groups in total. The third-order valence-corrected chi connectivity index (χ3v) is 6.34. The summed E-state index contributed by atoms with van der Waals surface area (Å²) in [4.78, 5) is 0.152. The van der Waals surface area contributed by atoms with Crippen LogP contribution in [0.3, 0.4) is 0 Å². The lowest BCUT2D eigenvalue weighted by molar-refractivity contribution is 0.286. The summed E-state index contributed by atoms with van der Waals surface area (Å²) in [6, 6.07) is 3.13. The molecule has 0 spiro atoms. The lowest BCUT2D eigenvalue weighted by Gasteiger charge is -2.30. The van der Waals surface area contributed by atoms with Gasteiger partial charge in [0, 0.05) is 19.2 Å². The van der Waals surface area contributed by atoms with Crippen molar-refractivity contribution in [2.24, 2.45) is 5.92 Å². The van der Waals surface area contributed by atoms with E-state index in [0.717, 1.165) is 12.8 Å². The molecule has 2 rings (SSSR count). The van der Waals surface area contributed by atoms with Crippen molar-refractivity contribution in [1.29, 1.82) is 0 Å². The largest absolute Gasteiger partial charge is 0.496 e. The van der Waals surface area contributed by atoms with Gasteiger partial charge in [-0.15, -0.1) is 0 Å². The van der Waals surface area contributed by atoms with Gasteiger partial charge in [0.25, 0.3) is 0 Å². The molecular weight excluding hydrogens is 358 g/mol. The molecule has 118 valence electrons. The number of nitrogens with zero attached hydrogens (tertiary/aromatic N) is 1. The summed E-state index contributed by atoms with van der Waals surface area (Å²) in [5.41, 5.74) is 0. The number of ether oxygens (including phenoxy) is 2. The van der Waals surface area contributed by atoms with Crippen molar-refractivity contribution in [3.8, 4) is 11.5 Å². The molecule has 0 aromatic heterocycles. The van der Waals surface area contributed by atoms with Crippen LogP contribution in [0.4, 0.5) is 0 Å². The van der Waals surface area contributed by atoms with E-state index in [1.807, 2.05) is 0 Å². The summed E-state index contributed by atoms with van der Waals surface area (Å²) in [6.45, 7) is 3.24. The minimum atomic E-state index is -3.57. The second-order valence-corrected chi connectivity index (χ2v) is 7.98. The van der Waals surface area contributed by atoms with E-state index in [4.69, 9.17) is 9.47 Å². The van der Waals surface area contributed by atoms with Crippen LogP contribution in [0.1, 0.15) is 19.8 Å². The predicted molar refractivity (Wildman–Crippen MR) is 84.4 cm³/mol. The van der Waals surface area contributed by atoms with E-state index >= 15 is 0 Å². The van der Waals surface area contributed by atoms with Crippen LogP contribution in [0.5, 0.6) is 11.5 Å². The predicted octanol–water partition coefficient (Wildman–Crippen LogP) is 2.89. The third kappa shape index (κ3) is 3.35. The lowest BCUT2D eigenvalue weighted by atomic mass is 10.0. The van der Waals surface area contributed by atoms with E-state index < -0.39 is 10.0 Å². The van der Waals surface area contributed by atoms with Gasteiger partial charge < -0.3 is 9.47 Å². The first-order valence-electron chi connectivity index (χ1n) is 6.81. The Bertz CT molecular complexity index is 610. The van der Waals surface area contributed by atoms with Crippen molar-refractivity contribution >= 4 is 26.0 Å². The second kappa shape index (κ2) is 6.54. The van der Waals surface area contributed by atoms with Gasteiger partial charge in [-0.05, 0) is 40.8 Å². The number of piperidine rings is 1. The summed E-state index contributed by atoms with van der Waals surface area (Å²) < 4.78 is 38.3. The van der Waals surface area contributed by atoms with Gasteiger partial charge in [0.05, 0.1) is 18.7 Å². The smallest absolute Gasteiger partial charge is 0.246 e. The Hall–Kier alpha value is -0.790. The number of hydrogen-bond donors (Lipinski definition) is 0. The fourth-order valence-corrected chi connectivity index (χ4v) is 4.50. The Morgan fingerprint density at radius 1 is 1.14 bits per heavy atom. The van der Waals surface area contributed by atoms with E-state index in [1.165, 1.54) is 24.6 Å². The lowest BCUT2D eigenvalue weighted by Crippen LogP contribution is -2.38. The van der Waals surface area contributed by atoms with Gasteiger partial charge in [0.15, 0.2) is 0 Å². The van der Waals surface area contributed by atoms with Crippen LogP contribution >= 0.6 is 15.9 Å². The molecule has 0 bridgehead atoms. The normalized spacial score (nSPS) is 17.7. The number of sulfonamides is 1. The maximum absolute atomic E-state index is 12.8. The molecule has 7 heteroatoms. The molecule has 0 amide bonds. The van der Waals surface area contributed by atoms with Crippen molar-refractivity contribution in [1.82, 2.24) is 4.31 Å². The summed E-state index contributed by atoms with van der Waals surface area (Å²) in [5, 5.41) is 0. The molecule has 1 aliphatic heterocycles. The average molecular weight is 378 g/mol. The highest BCUT2D eigenvalue weighted by molar-refractivity contribution is 9.10. The van der Waals surface area contributed by atoms with Crippen molar-refractivity contribution in [3.63, 3.8) is 0 Å². The zero-order valence-electron chi connectivity index (χ0n) is 12.4. The number of rotatable bonds is 4. The molecule has 0 atom stereocenters.